The second-order valence-electron chi connectivity index (χ2n) is 5.14. The molecule has 0 aliphatic carbocycles. The Morgan fingerprint density at radius 1 is 1.14 bits per heavy atom. The molecule has 2 aromatic rings. The maximum atomic E-state index is 5.33. The number of aromatic nitrogens is 2. The van der Waals surface area contributed by atoms with Gasteiger partial charge in [0, 0.05) is 30.1 Å². The van der Waals surface area contributed by atoms with Crippen LogP contribution in [0.25, 0.3) is 0 Å². The van der Waals surface area contributed by atoms with Gasteiger partial charge in [0.05, 0.1) is 26.0 Å². The Hall–Kier alpha value is -2.17. The largest absolute Gasteiger partial charge is 0.493 e. The third kappa shape index (κ3) is 2.96. The zero-order valence-electron chi connectivity index (χ0n) is 13.5. The van der Waals surface area contributed by atoms with Gasteiger partial charge in [-0.3, -0.25) is 4.68 Å². The first-order valence-corrected chi connectivity index (χ1v) is 6.96. The van der Waals surface area contributed by atoms with E-state index in [1.807, 2.05) is 36.9 Å². The van der Waals surface area contributed by atoms with Crippen molar-refractivity contribution in [2.45, 2.75) is 26.8 Å². The van der Waals surface area contributed by atoms with Gasteiger partial charge in [-0.1, -0.05) is 0 Å². The number of nitrogens with zero attached hydrogens (tertiary/aromatic N) is 2. The van der Waals surface area contributed by atoms with Crippen LogP contribution >= 0.6 is 0 Å². The first-order chi connectivity index (χ1) is 9.97. The molecule has 1 unspecified atom stereocenters. The number of anilines is 1. The van der Waals surface area contributed by atoms with Gasteiger partial charge in [0.2, 0.25) is 0 Å². The summed E-state index contributed by atoms with van der Waals surface area (Å²) in [5, 5.41) is 7.96. The highest BCUT2D eigenvalue weighted by Crippen LogP contribution is 2.32. The van der Waals surface area contributed by atoms with E-state index in [-0.39, 0.29) is 6.04 Å². The Kier molecular flexibility index (Phi) is 4.40. The molecule has 5 nitrogen and oxygen atoms in total. The summed E-state index contributed by atoms with van der Waals surface area (Å²) in [6.07, 6.45) is 0. The molecule has 0 bridgehead atoms. The number of nitrogens with one attached hydrogen (secondary N) is 1. The van der Waals surface area contributed by atoms with Crippen LogP contribution in [-0.4, -0.2) is 24.0 Å². The topological polar surface area (TPSA) is 48.3 Å². The molecule has 0 saturated heterocycles. The van der Waals surface area contributed by atoms with E-state index >= 15 is 0 Å². The Morgan fingerprint density at radius 3 is 2.33 bits per heavy atom. The monoisotopic (exact) mass is 289 g/mol. The second kappa shape index (κ2) is 6.08. The van der Waals surface area contributed by atoms with Crippen LogP contribution in [0.4, 0.5) is 5.69 Å². The minimum atomic E-state index is 0.164. The summed E-state index contributed by atoms with van der Waals surface area (Å²) < 4.78 is 12.5. The number of hydrogen-bond acceptors (Lipinski definition) is 4. The van der Waals surface area contributed by atoms with Gasteiger partial charge in [-0.15, -0.1) is 0 Å². The van der Waals surface area contributed by atoms with Gasteiger partial charge in [-0.05, 0) is 32.9 Å². The minimum Gasteiger partial charge on any atom is -0.493 e. The lowest BCUT2D eigenvalue weighted by Crippen LogP contribution is -2.09. The van der Waals surface area contributed by atoms with Crippen LogP contribution in [0.15, 0.2) is 18.2 Å². The fourth-order valence-corrected chi connectivity index (χ4v) is 2.66. The second-order valence-corrected chi connectivity index (χ2v) is 5.14. The van der Waals surface area contributed by atoms with Gasteiger partial charge >= 0.3 is 0 Å². The van der Waals surface area contributed by atoms with Crippen LogP contribution in [0.5, 0.6) is 11.5 Å². The number of rotatable bonds is 5. The fourth-order valence-electron chi connectivity index (χ4n) is 2.66. The van der Waals surface area contributed by atoms with Gasteiger partial charge in [-0.2, -0.15) is 5.10 Å². The molecule has 0 saturated carbocycles. The fraction of sp³-hybridized carbons (Fsp3) is 0.438. The summed E-state index contributed by atoms with van der Waals surface area (Å²) >= 11 is 0. The van der Waals surface area contributed by atoms with E-state index < -0.39 is 0 Å². The number of benzene rings is 1. The molecule has 0 radical (unpaired) electrons. The van der Waals surface area contributed by atoms with Crippen molar-refractivity contribution in [3.63, 3.8) is 0 Å². The van der Waals surface area contributed by atoms with Crippen molar-refractivity contribution in [3.05, 3.63) is 35.2 Å². The average Bonchev–Trinajstić information content (AvgIpc) is 2.71. The highest BCUT2D eigenvalue weighted by atomic mass is 16.5. The molecule has 1 N–H and O–H groups in total. The van der Waals surface area contributed by atoms with Crippen LogP contribution in [0, 0.1) is 13.8 Å². The molecule has 0 aliphatic heterocycles. The highest BCUT2D eigenvalue weighted by Gasteiger charge is 2.16. The molecular formula is C16H23N3O2. The quantitative estimate of drug-likeness (QED) is 0.918. The lowest BCUT2D eigenvalue weighted by Gasteiger charge is -2.17. The highest BCUT2D eigenvalue weighted by molar-refractivity contribution is 5.56. The smallest absolute Gasteiger partial charge is 0.162 e. The van der Waals surface area contributed by atoms with Crippen molar-refractivity contribution in [3.8, 4) is 11.5 Å². The molecule has 1 aromatic heterocycles. The van der Waals surface area contributed by atoms with E-state index in [0.717, 1.165) is 17.1 Å². The van der Waals surface area contributed by atoms with Gasteiger partial charge in [0.25, 0.3) is 0 Å². The Bertz CT molecular complexity index is 635. The van der Waals surface area contributed by atoms with Crippen LogP contribution in [-0.2, 0) is 7.05 Å². The van der Waals surface area contributed by atoms with Crippen molar-refractivity contribution in [1.82, 2.24) is 9.78 Å². The minimum absolute atomic E-state index is 0.164. The molecule has 5 heteroatoms. The number of methoxy groups -OCH3 is 2. The molecular weight excluding hydrogens is 266 g/mol. The van der Waals surface area contributed by atoms with E-state index in [0.29, 0.717) is 5.75 Å². The maximum absolute atomic E-state index is 5.33. The molecule has 21 heavy (non-hydrogen) atoms. The van der Waals surface area contributed by atoms with Crippen LogP contribution in [0.1, 0.15) is 29.9 Å². The first-order valence-electron chi connectivity index (χ1n) is 6.96. The molecule has 0 spiro atoms. The van der Waals surface area contributed by atoms with Crippen LogP contribution in [0.2, 0.25) is 0 Å². The van der Waals surface area contributed by atoms with Gasteiger partial charge in [-0.25, -0.2) is 0 Å². The summed E-state index contributed by atoms with van der Waals surface area (Å²) in [5.41, 5.74) is 4.44. The molecule has 0 amide bonds. The number of ether oxygens (including phenoxy) is 2. The number of aryl methyl sites for hydroxylation is 2. The van der Waals surface area contributed by atoms with Crippen LogP contribution in [0.3, 0.4) is 0 Å². The Balaban J connectivity index is 2.25. The molecule has 1 atom stereocenters. The molecule has 2 rings (SSSR count). The van der Waals surface area contributed by atoms with Gasteiger partial charge < -0.3 is 14.8 Å². The van der Waals surface area contributed by atoms with Crippen molar-refractivity contribution in [2.75, 3.05) is 19.5 Å². The third-order valence-corrected chi connectivity index (χ3v) is 3.76. The van der Waals surface area contributed by atoms with Crippen molar-refractivity contribution < 1.29 is 9.47 Å². The zero-order chi connectivity index (χ0) is 15.6. The molecule has 0 fully saturated rings. The first kappa shape index (κ1) is 15.2. The maximum Gasteiger partial charge on any atom is 0.162 e. The van der Waals surface area contributed by atoms with E-state index in [9.17, 15) is 0 Å². The van der Waals surface area contributed by atoms with Gasteiger partial charge in [0.15, 0.2) is 11.5 Å². The Labute approximate surface area is 125 Å². The van der Waals surface area contributed by atoms with E-state index in [2.05, 4.69) is 24.3 Å². The average molecular weight is 289 g/mol. The van der Waals surface area contributed by atoms with Crippen molar-refractivity contribution in [2.24, 2.45) is 7.05 Å². The summed E-state index contributed by atoms with van der Waals surface area (Å²) in [4.78, 5) is 0. The molecule has 114 valence electrons. The van der Waals surface area contributed by atoms with Crippen molar-refractivity contribution >= 4 is 5.69 Å². The van der Waals surface area contributed by atoms with E-state index in [1.54, 1.807) is 14.2 Å². The number of hydrogen-bond donors (Lipinski definition) is 1. The Morgan fingerprint density at radius 2 is 1.81 bits per heavy atom. The SMILES string of the molecule is COc1ccc(NC(C)c2c(C)nn(C)c2C)cc1OC. The van der Waals surface area contributed by atoms with Crippen molar-refractivity contribution in [1.29, 1.82) is 0 Å². The standard InChI is InChI=1S/C16H23N3O2/c1-10(16-11(2)18-19(4)12(16)3)17-13-7-8-14(20-5)15(9-13)21-6/h7-10,17H,1-6H3. The summed E-state index contributed by atoms with van der Waals surface area (Å²) in [6.45, 7) is 6.25. The molecule has 0 aliphatic rings. The summed E-state index contributed by atoms with van der Waals surface area (Å²) in [7, 11) is 5.24. The third-order valence-electron chi connectivity index (χ3n) is 3.76. The summed E-state index contributed by atoms with van der Waals surface area (Å²) in [6, 6.07) is 5.99. The summed E-state index contributed by atoms with van der Waals surface area (Å²) in [5.74, 6) is 1.44. The predicted molar refractivity (Wildman–Crippen MR) is 84.3 cm³/mol. The molecule has 1 aromatic carbocycles. The van der Waals surface area contributed by atoms with Crippen LogP contribution < -0.4 is 14.8 Å². The predicted octanol–water partition coefficient (Wildman–Crippen LogP) is 3.23. The lowest BCUT2D eigenvalue weighted by molar-refractivity contribution is 0.355. The molecule has 1 heterocycles. The van der Waals surface area contributed by atoms with E-state index in [1.165, 1.54) is 11.3 Å². The lowest BCUT2D eigenvalue weighted by atomic mass is 10.1. The van der Waals surface area contributed by atoms with Gasteiger partial charge in [0.1, 0.15) is 0 Å². The normalized spacial score (nSPS) is 12.1. The van der Waals surface area contributed by atoms with E-state index in [4.69, 9.17) is 9.47 Å². The zero-order valence-corrected chi connectivity index (χ0v) is 13.5.